The van der Waals surface area contributed by atoms with Gasteiger partial charge in [0.2, 0.25) is 0 Å². The van der Waals surface area contributed by atoms with E-state index in [1.807, 2.05) is 6.92 Å². The monoisotopic (exact) mass is 228 g/mol. The molecule has 2 atom stereocenters. The van der Waals surface area contributed by atoms with Gasteiger partial charge >= 0.3 is 0 Å². The van der Waals surface area contributed by atoms with Crippen LogP contribution in [0.15, 0.2) is 30.3 Å². The molecular weight excluding hydrogens is 208 g/mol. The van der Waals surface area contributed by atoms with Crippen LogP contribution in [0.25, 0.3) is 0 Å². The molecule has 0 amide bonds. The van der Waals surface area contributed by atoms with Crippen LogP contribution in [0.5, 0.6) is 0 Å². The van der Waals surface area contributed by atoms with E-state index in [0.717, 1.165) is 19.6 Å². The average Bonchev–Trinajstić information content (AvgIpc) is 2.37. The van der Waals surface area contributed by atoms with Crippen LogP contribution in [-0.2, 0) is 0 Å². The fourth-order valence-electron chi connectivity index (χ4n) is 2.34. The SMILES string of the molecule is CC#CCN1CC(C)NCC1c1ccccc1. The molecule has 2 rings (SSSR count). The van der Waals surface area contributed by atoms with Crippen molar-refractivity contribution in [3.63, 3.8) is 0 Å². The molecule has 1 aliphatic rings. The summed E-state index contributed by atoms with van der Waals surface area (Å²) in [7, 11) is 0. The van der Waals surface area contributed by atoms with Crippen molar-refractivity contribution in [2.75, 3.05) is 19.6 Å². The highest BCUT2D eigenvalue weighted by Gasteiger charge is 2.25. The summed E-state index contributed by atoms with van der Waals surface area (Å²) in [5.41, 5.74) is 1.38. The Kier molecular flexibility index (Phi) is 4.19. The third kappa shape index (κ3) is 3.09. The molecule has 2 heteroatoms. The van der Waals surface area contributed by atoms with Gasteiger partial charge in [-0.1, -0.05) is 36.3 Å². The number of rotatable bonds is 2. The first-order chi connectivity index (χ1) is 8.31. The summed E-state index contributed by atoms with van der Waals surface area (Å²) in [5, 5.41) is 3.55. The zero-order valence-corrected chi connectivity index (χ0v) is 10.6. The molecule has 1 aromatic rings. The third-order valence-electron chi connectivity index (χ3n) is 3.25. The van der Waals surface area contributed by atoms with Gasteiger partial charge in [0.05, 0.1) is 6.54 Å². The molecule has 0 aromatic heterocycles. The summed E-state index contributed by atoms with van der Waals surface area (Å²) in [6.45, 7) is 7.07. The Morgan fingerprint density at radius 1 is 1.35 bits per heavy atom. The molecule has 0 bridgehead atoms. The van der Waals surface area contributed by atoms with E-state index in [1.165, 1.54) is 5.56 Å². The van der Waals surface area contributed by atoms with Gasteiger partial charge in [0.1, 0.15) is 0 Å². The maximum Gasteiger partial charge on any atom is 0.0607 e. The summed E-state index contributed by atoms with van der Waals surface area (Å²) in [6, 6.07) is 11.7. The molecule has 0 saturated carbocycles. The molecule has 90 valence electrons. The van der Waals surface area contributed by atoms with Crippen LogP contribution in [0.3, 0.4) is 0 Å². The lowest BCUT2D eigenvalue weighted by Gasteiger charge is -2.38. The Morgan fingerprint density at radius 2 is 2.12 bits per heavy atom. The normalized spacial score (nSPS) is 25.1. The first-order valence-electron chi connectivity index (χ1n) is 6.23. The van der Waals surface area contributed by atoms with E-state index in [4.69, 9.17) is 0 Å². The molecule has 0 radical (unpaired) electrons. The van der Waals surface area contributed by atoms with Gasteiger partial charge in [-0.3, -0.25) is 4.90 Å². The van der Waals surface area contributed by atoms with Crippen LogP contribution in [-0.4, -0.2) is 30.6 Å². The quantitative estimate of drug-likeness (QED) is 0.779. The standard InChI is InChI=1S/C15H20N2/c1-3-4-10-17-12-13(2)16-11-15(17)14-8-6-5-7-9-14/h5-9,13,15-16H,10-12H2,1-2H3. The van der Waals surface area contributed by atoms with Crippen molar-refractivity contribution >= 4 is 0 Å². The molecule has 2 nitrogen and oxygen atoms in total. The minimum absolute atomic E-state index is 0.452. The van der Waals surface area contributed by atoms with Gasteiger partial charge in [-0.15, -0.1) is 5.92 Å². The topological polar surface area (TPSA) is 15.3 Å². The van der Waals surface area contributed by atoms with Gasteiger partial charge in [-0.25, -0.2) is 0 Å². The minimum Gasteiger partial charge on any atom is -0.311 e. The predicted molar refractivity (Wildman–Crippen MR) is 71.7 cm³/mol. The van der Waals surface area contributed by atoms with Crippen molar-refractivity contribution in [1.29, 1.82) is 0 Å². The molecule has 0 aliphatic carbocycles. The maximum atomic E-state index is 3.55. The van der Waals surface area contributed by atoms with Crippen LogP contribution >= 0.6 is 0 Å². The second-order valence-corrected chi connectivity index (χ2v) is 4.59. The predicted octanol–water partition coefficient (Wildman–Crippen LogP) is 2.04. The van der Waals surface area contributed by atoms with E-state index in [9.17, 15) is 0 Å². The van der Waals surface area contributed by atoms with Crippen molar-refractivity contribution in [3.05, 3.63) is 35.9 Å². The highest BCUT2D eigenvalue weighted by molar-refractivity contribution is 5.21. The Morgan fingerprint density at radius 3 is 2.82 bits per heavy atom. The van der Waals surface area contributed by atoms with Crippen LogP contribution in [0.4, 0.5) is 0 Å². The number of benzene rings is 1. The van der Waals surface area contributed by atoms with Gasteiger partial charge < -0.3 is 5.32 Å². The molecular formula is C15H20N2. The summed E-state index contributed by atoms with van der Waals surface area (Å²) < 4.78 is 0. The Balaban J connectivity index is 2.14. The maximum absolute atomic E-state index is 3.55. The number of nitrogens with zero attached hydrogens (tertiary/aromatic N) is 1. The van der Waals surface area contributed by atoms with Crippen molar-refractivity contribution in [2.24, 2.45) is 0 Å². The molecule has 1 N–H and O–H groups in total. The Hall–Kier alpha value is -1.30. The van der Waals surface area contributed by atoms with Gasteiger partial charge in [-0.05, 0) is 19.4 Å². The number of hydrogen-bond donors (Lipinski definition) is 1. The molecule has 1 aliphatic heterocycles. The van der Waals surface area contributed by atoms with Crippen molar-refractivity contribution in [1.82, 2.24) is 10.2 Å². The molecule has 17 heavy (non-hydrogen) atoms. The van der Waals surface area contributed by atoms with Crippen molar-refractivity contribution < 1.29 is 0 Å². The zero-order chi connectivity index (χ0) is 12.1. The highest BCUT2D eigenvalue weighted by Crippen LogP contribution is 2.22. The molecule has 1 heterocycles. The summed E-state index contributed by atoms with van der Waals surface area (Å²) >= 11 is 0. The smallest absolute Gasteiger partial charge is 0.0607 e. The Labute approximate surface area is 104 Å². The van der Waals surface area contributed by atoms with Gasteiger partial charge in [0, 0.05) is 25.2 Å². The largest absolute Gasteiger partial charge is 0.311 e. The lowest BCUT2D eigenvalue weighted by atomic mass is 10.0. The number of hydrogen-bond acceptors (Lipinski definition) is 2. The van der Waals surface area contributed by atoms with Gasteiger partial charge in [0.15, 0.2) is 0 Å². The van der Waals surface area contributed by atoms with E-state index >= 15 is 0 Å². The average molecular weight is 228 g/mol. The second kappa shape index (κ2) is 5.86. The third-order valence-corrected chi connectivity index (χ3v) is 3.25. The van der Waals surface area contributed by atoms with Crippen molar-refractivity contribution in [2.45, 2.75) is 25.9 Å². The summed E-state index contributed by atoms with van der Waals surface area (Å²) in [6.07, 6.45) is 0. The number of piperazine rings is 1. The fourth-order valence-corrected chi connectivity index (χ4v) is 2.34. The highest BCUT2D eigenvalue weighted by atomic mass is 15.2. The number of nitrogens with one attached hydrogen (secondary N) is 1. The van der Waals surface area contributed by atoms with Crippen LogP contribution in [0.1, 0.15) is 25.5 Å². The summed E-state index contributed by atoms with van der Waals surface area (Å²) in [5.74, 6) is 6.18. The van der Waals surface area contributed by atoms with Crippen LogP contribution < -0.4 is 5.32 Å². The van der Waals surface area contributed by atoms with E-state index in [1.54, 1.807) is 0 Å². The van der Waals surface area contributed by atoms with Gasteiger partial charge in [0.25, 0.3) is 0 Å². The molecule has 1 saturated heterocycles. The first kappa shape index (κ1) is 12.2. The lowest BCUT2D eigenvalue weighted by Crippen LogP contribution is -2.51. The summed E-state index contributed by atoms with van der Waals surface area (Å²) in [4.78, 5) is 2.47. The van der Waals surface area contributed by atoms with Crippen molar-refractivity contribution in [3.8, 4) is 11.8 Å². The van der Waals surface area contributed by atoms with Gasteiger partial charge in [-0.2, -0.15) is 0 Å². The van der Waals surface area contributed by atoms with E-state index in [-0.39, 0.29) is 0 Å². The molecule has 0 spiro atoms. The van der Waals surface area contributed by atoms with E-state index < -0.39 is 0 Å². The molecule has 1 aromatic carbocycles. The first-order valence-corrected chi connectivity index (χ1v) is 6.23. The van der Waals surface area contributed by atoms with E-state index in [2.05, 4.69) is 59.3 Å². The lowest BCUT2D eigenvalue weighted by molar-refractivity contribution is 0.154. The second-order valence-electron chi connectivity index (χ2n) is 4.59. The fraction of sp³-hybridized carbons (Fsp3) is 0.467. The Bertz CT molecular complexity index is 402. The zero-order valence-electron chi connectivity index (χ0n) is 10.6. The van der Waals surface area contributed by atoms with E-state index in [0.29, 0.717) is 12.1 Å². The minimum atomic E-state index is 0.452. The molecule has 1 fully saturated rings. The molecule has 2 unspecified atom stereocenters. The van der Waals surface area contributed by atoms with Crippen LogP contribution in [0, 0.1) is 11.8 Å². The van der Waals surface area contributed by atoms with Crippen LogP contribution in [0.2, 0.25) is 0 Å².